The van der Waals surface area contributed by atoms with E-state index in [0.29, 0.717) is 12.8 Å². The van der Waals surface area contributed by atoms with E-state index in [4.69, 9.17) is 18.9 Å². The zero-order chi connectivity index (χ0) is 48.4. The molecule has 0 aromatic carbocycles. The van der Waals surface area contributed by atoms with Crippen LogP contribution in [0.2, 0.25) is 0 Å². The molecule has 66 heavy (non-hydrogen) atoms. The van der Waals surface area contributed by atoms with Crippen LogP contribution in [0.25, 0.3) is 0 Å². The standard InChI is InChI=1S/C53H90O12S/c1-3-5-7-9-11-13-15-17-19-21-22-23-24-26-28-30-32-34-36-38-40-42-49(55)64-46(44-63-53-52(58)51(57)50(56)47(65-53)45-66(59,60)61)43-62-48(54)41-39-37-35-33-31-29-27-25-20-18-16-14-12-10-8-6-4-2/h5,7,11-14,17-20,22-23,46-47,50-53,56-58H,3-4,6,8-10,15-16,21,24-45H2,1-2H3,(H,59,60,61)/b7-5-,13-11-,14-12-,19-17-,20-18-,23-22-. The second-order valence-corrected chi connectivity index (χ2v) is 18.9. The summed E-state index contributed by atoms with van der Waals surface area (Å²) in [6.45, 7) is 3.62. The minimum atomic E-state index is -4.61. The third-order valence-corrected chi connectivity index (χ3v) is 12.0. The van der Waals surface area contributed by atoms with Crippen molar-refractivity contribution < 1.29 is 56.8 Å². The van der Waals surface area contributed by atoms with Crippen LogP contribution in [0.15, 0.2) is 72.9 Å². The second-order valence-electron chi connectivity index (χ2n) is 17.4. The molecule has 4 N–H and O–H groups in total. The summed E-state index contributed by atoms with van der Waals surface area (Å²) < 4.78 is 54.2. The number of aliphatic hydroxyl groups excluding tert-OH is 3. The number of carbonyl (C=O) groups is 2. The lowest BCUT2D eigenvalue weighted by Crippen LogP contribution is -2.60. The Bertz CT molecular complexity index is 1490. The lowest BCUT2D eigenvalue weighted by molar-refractivity contribution is -0.297. The van der Waals surface area contributed by atoms with Crippen LogP contribution in [0, 0.1) is 0 Å². The Kier molecular flexibility index (Phi) is 39.1. The number of hydrogen-bond acceptors (Lipinski definition) is 11. The van der Waals surface area contributed by atoms with Gasteiger partial charge < -0.3 is 34.3 Å². The minimum absolute atomic E-state index is 0.150. The van der Waals surface area contributed by atoms with Crippen LogP contribution in [0.1, 0.15) is 194 Å². The lowest BCUT2D eigenvalue weighted by atomic mass is 10.00. The third kappa shape index (κ3) is 36.2. The topological polar surface area (TPSA) is 186 Å². The molecule has 6 atom stereocenters. The summed E-state index contributed by atoms with van der Waals surface area (Å²) in [6, 6.07) is 0. The average Bonchev–Trinajstić information content (AvgIpc) is 3.28. The van der Waals surface area contributed by atoms with Crippen molar-refractivity contribution in [1.82, 2.24) is 0 Å². The molecule has 1 rings (SSSR count). The molecule has 1 aliphatic rings. The van der Waals surface area contributed by atoms with Crippen molar-refractivity contribution in [3.63, 3.8) is 0 Å². The van der Waals surface area contributed by atoms with Crippen molar-refractivity contribution in [2.45, 2.75) is 230 Å². The molecule has 1 fully saturated rings. The van der Waals surface area contributed by atoms with Gasteiger partial charge in [-0.2, -0.15) is 8.42 Å². The summed E-state index contributed by atoms with van der Waals surface area (Å²) >= 11 is 0. The van der Waals surface area contributed by atoms with Gasteiger partial charge in [0.1, 0.15) is 36.8 Å². The largest absolute Gasteiger partial charge is 0.462 e. The average molecular weight is 951 g/mol. The molecular weight excluding hydrogens is 861 g/mol. The fourth-order valence-electron chi connectivity index (χ4n) is 7.34. The Morgan fingerprint density at radius 2 is 0.955 bits per heavy atom. The molecule has 0 spiro atoms. The van der Waals surface area contributed by atoms with Crippen molar-refractivity contribution >= 4 is 22.1 Å². The van der Waals surface area contributed by atoms with Gasteiger partial charge in [-0.25, -0.2) is 0 Å². The van der Waals surface area contributed by atoms with Crippen LogP contribution in [0.3, 0.4) is 0 Å². The van der Waals surface area contributed by atoms with Crippen molar-refractivity contribution in [3.8, 4) is 0 Å². The monoisotopic (exact) mass is 951 g/mol. The summed E-state index contributed by atoms with van der Waals surface area (Å²) in [6.07, 6.45) is 45.0. The first-order valence-corrected chi connectivity index (χ1v) is 27.1. The number of carbonyl (C=O) groups excluding carboxylic acids is 2. The molecule has 0 aromatic rings. The van der Waals surface area contributed by atoms with E-state index >= 15 is 0 Å². The predicted octanol–water partition coefficient (Wildman–Crippen LogP) is 11.5. The number of rotatable bonds is 42. The van der Waals surface area contributed by atoms with Gasteiger partial charge in [0.15, 0.2) is 12.4 Å². The number of allylic oxidation sites excluding steroid dienone is 12. The highest BCUT2D eigenvalue weighted by Gasteiger charge is 2.46. The Morgan fingerprint density at radius 1 is 0.530 bits per heavy atom. The normalized spacial score (nSPS) is 20.0. The van der Waals surface area contributed by atoms with Crippen LogP contribution in [0.5, 0.6) is 0 Å². The van der Waals surface area contributed by atoms with Gasteiger partial charge in [0.25, 0.3) is 10.1 Å². The van der Waals surface area contributed by atoms with E-state index < -0.39 is 71.2 Å². The molecule has 6 unspecified atom stereocenters. The van der Waals surface area contributed by atoms with Crippen molar-refractivity contribution in [2.24, 2.45) is 0 Å². The van der Waals surface area contributed by atoms with Crippen LogP contribution in [0.4, 0.5) is 0 Å². The fraction of sp³-hybridized carbons (Fsp3) is 0.736. The number of aliphatic hydroxyl groups is 3. The highest BCUT2D eigenvalue weighted by molar-refractivity contribution is 7.85. The first kappa shape index (κ1) is 61.1. The summed E-state index contributed by atoms with van der Waals surface area (Å²) in [7, 11) is -4.61. The molecule has 0 saturated carbocycles. The predicted molar refractivity (Wildman–Crippen MR) is 265 cm³/mol. The second kappa shape index (κ2) is 42.2. The SMILES string of the molecule is CC/C=C\C/C=C\C/C=C\C/C=C\CCCCCCCCCCC(=O)OC(COC(=O)CCCCCCCCC/C=C\C/C=C\CCCCC)COC1OC(CS(=O)(=O)O)C(O)C(O)C1O. The zero-order valence-corrected chi connectivity index (χ0v) is 41.6. The summed E-state index contributed by atoms with van der Waals surface area (Å²) in [5, 5.41) is 31.0. The van der Waals surface area contributed by atoms with Crippen LogP contribution < -0.4 is 0 Å². The van der Waals surface area contributed by atoms with Crippen LogP contribution >= 0.6 is 0 Å². The molecular formula is C53H90O12S. The van der Waals surface area contributed by atoms with E-state index in [2.05, 4.69) is 86.8 Å². The van der Waals surface area contributed by atoms with Gasteiger partial charge in [-0.15, -0.1) is 0 Å². The maximum atomic E-state index is 12.9. The molecule has 1 saturated heterocycles. The van der Waals surface area contributed by atoms with E-state index in [1.165, 1.54) is 57.8 Å². The number of unbranched alkanes of at least 4 members (excludes halogenated alkanes) is 18. The Balaban J connectivity index is 2.39. The molecule has 13 heteroatoms. The molecule has 0 aromatic heterocycles. The molecule has 0 amide bonds. The molecule has 0 aliphatic carbocycles. The van der Waals surface area contributed by atoms with Crippen molar-refractivity contribution in [2.75, 3.05) is 19.0 Å². The van der Waals surface area contributed by atoms with Gasteiger partial charge >= 0.3 is 11.9 Å². The molecule has 1 aliphatic heterocycles. The lowest BCUT2D eigenvalue weighted by Gasteiger charge is -2.40. The zero-order valence-electron chi connectivity index (χ0n) is 40.8. The van der Waals surface area contributed by atoms with E-state index in [1.807, 2.05) is 0 Å². The first-order valence-electron chi connectivity index (χ1n) is 25.5. The van der Waals surface area contributed by atoms with E-state index in [1.54, 1.807) is 0 Å². The van der Waals surface area contributed by atoms with Crippen LogP contribution in [-0.4, -0.2) is 96.0 Å². The first-order chi connectivity index (χ1) is 32.0. The van der Waals surface area contributed by atoms with Gasteiger partial charge in [-0.05, 0) is 83.5 Å². The van der Waals surface area contributed by atoms with E-state index in [9.17, 15) is 37.9 Å². The molecule has 1 heterocycles. The maximum Gasteiger partial charge on any atom is 0.306 e. The fourth-order valence-corrected chi connectivity index (χ4v) is 8.04. The highest BCUT2D eigenvalue weighted by atomic mass is 32.2. The molecule has 0 radical (unpaired) electrons. The quantitative estimate of drug-likeness (QED) is 0.0197. The van der Waals surface area contributed by atoms with Gasteiger partial charge in [0.2, 0.25) is 0 Å². The number of esters is 2. The van der Waals surface area contributed by atoms with Gasteiger partial charge in [0, 0.05) is 12.8 Å². The van der Waals surface area contributed by atoms with Crippen molar-refractivity contribution in [1.29, 1.82) is 0 Å². The van der Waals surface area contributed by atoms with E-state index in [-0.39, 0.29) is 19.4 Å². The van der Waals surface area contributed by atoms with Gasteiger partial charge in [-0.1, -0.05) is 170 Å². The third-order valence-electron chi connectivity index (χ3n) is 11.3. The number of ether oxygens (including phenoxy) is 4. The van der Waals surface area contributed by atoms with Gasteiger partial charge in [0.05, 0.1) is 6.61 Å². The van der Waals surface area contributed by atoms with E-state index in [0.717, 1.165) is 96.3 Å². The van der Waals surface area contributed by atoms with Crippen molar-refractivity contribution in [3.05, 3.63) is 72.9 Å². The summed E-state index contributed by atoms with van der Waals surface area (Å²) in [4.78, 5) is 25.5. The summed E-state index contributed by atoms with van der Waals surface area (Å²) in [5.74, 6) is -2.01. The number of hydrogen-bond donors (Lipinski definition) is 4. The Hall–Kier alpha value is -2.91. The molecule has 12 nitrogen and oxygen atoms in total. The molecule has 0 bridgehead atoms. The smallest absolute Gasteiger partial charge is 0.306 e. The van der Waals surface area contributed by atoms with Crippen LogP contribution in [-0.2, 0) is 38.7 Å². The Labute approximate surface area is 399 Å². The summed E-state index contributed by atoms with van der Waals surface area (Å²) in [5.41, 5.74) is 0. The highest BCUT2D eigenvalue weighted by Crippen LogP contribution is 2.24. The maximum absolute atomic E-state index is 12.9. The molecule has 380 valence electrons. The van der Waals surface area contributed by atoms with Gasteiger partial charge in [-0.3, -0.25) is 14.1 Å². The minimum Gasteiger partial charge on any atom is -0.462 e. The Morgan fingerprint density at radius 3 is 1.42 bits per heavy atom.